The molecule has 0 aromatic heterocycles. The third-order valence-electron chi connectivity index (χ3n) is 5.11. The zero-order chi connectivity index (χ0) is 19.1. The normalized spacial score (nSPS) is 16.8. The van der Waals surface area contributed by atoms with Gasteiger partial charge in [0.1, 0.15) is 0 Å². The molecule has 1 atom stereocenters. The van der Waals surface area contributed by atoms with Crippen LogP contribution < -0.4 is 10.2 Å². The van der Waals surface area contributed by atoms with Gasteiger partial charge in [0.25, 0.3) is 0 Å². The summed E-state index contributed by atoms with van der Waals surface area (Å²) in [6, 6.07) is 5.92. The molecule has 1 aliphatic heterocycles. The van der Waals surface area contributed by atoms with Gasteiger partial charge in [-0.25, -0.2) is 4.79 Å². The highest BCUT2D eigenvalue weighted by molar-refractivity contribution is 5.96. The number of urea groups is 1. The standard InChI is InChI=1S/C21H33N3O2/c1-5-7-11-23(12-8-6-2)21(26)22-18-14-20(25)24(15-18)19-10-9-16(3)17(4)13-19/h9-10,13,18H,5-8,11-12,14-15H2,1-4H3,(H,22,26)/t18-/m0/s1. The van der Waals surface area contributed by atoms with Crippen LogP contribution in [-0.4, -0.2) is 42.5 Å². The molecule has 1 aromatic carbocycles. The third-order valence-corrected chi connectivity index (χ3v) is 5.11. The number of benzene rings is 1. The van der Waals surface area contributed by atoms with Crippen LogP contribution in [-0.2, 0) is 4.79 Å². The number of nitrogens with zero attached hydrogens (tertiary/aromatic N) is 2. The first-order valence-corrected chi connectivity index (χ1v) is 9.89. The number of carbonyl (C=O) groups is 2. The molecule has 2 rings (SSSR count). The molecule has 1 saturated heterocycles. The summed E-state index contributed by atoms with van der Waals surface area (Å²) in [6.07, 6.45) is 4.52. The van der Waals surface area contributed by atoms with Gasteiger partial charge in [-0.3, -0.25) is 4.79 Å². The maximum Gasteiger partial charge on any atom is 0.317 e. The minimum Gasteiger partial charge on any atom is -0.333 e. The predicted octanol–water partition coefficient (Wildman–Crippen LogP) is 4.02. The van der Waals surface area contributed by atoms with Crippen molar-refractivity contribution in [3.63, 3.8) is 0 Å². The fraction of sp³-hybridized carbons (Fsp3) is 0.619. The zero-order valence-electron chi connectivity index (χ0n) is 16.7. The van der Waals surface area contributed by atoms with Gasteiger partial charge >= 0.3 is 6.03 Å². The van der Waals surface area contributed by atoms with E-state index < -0.39 is 0 Å². The summed E-state index contributed by atoms with van der Waals surface area (Å²) in [7, 11) is 0. The van der Waals surface area contributed by atoms with Crippen molar-refractivity contribution in [1.29, 1.82) is 0 Å². The van der Waals surface area contributed by atoms with Gasteiger partial charge in [0, 0.05) is 31.7 Å². The summed E-state index contributed by atoms with van der Waals surface area (Å²) >= 11 is 0. The van der Waals surface area contributed by atoms with E-state index in [0.29, 0.717) is 13.0 Å². The Morgan fingerprint density at radius 2 is 1.81 bits per heavy atom. The van der Waals surface area contributed by atoms with Crippen LogP contribution in [0.15, 0.2) is 18.2 Å². The molecule has 1 aromatic rings. The molecule has 26 heavy (non-hydrogen) atoms. The highest BCUT2D eigenvalue weighted by Crippen LogP contribution is 2.24. The predicted molar refractivity (Wildman–Crippen MR) is 107 cm³/mol. The first kappa shape index (κ1) is 20.3. The topological polar surface area (TPSA) is 52.7 Å². The lowest BCUT2D eigenvalue weighted by molar-refractivity contribution is -0.117. The third kappa shape index (κ3) is 5.23. The van der Waals surface area contributed by atoms with Crippen molar-refractivity contribution in [2.75, 3.05) is 24.5 Å². The Morgan fingerprint density at radius 1 is 1.15 bits per heavy atom. The Labute approximate surface area is 157 Å². The van der Waals surface area contributed by atoms with Gasteiger partial charge in [-0.05, 0) is 49.9 Å². The number of amides is 3. The number of hydrogen-bond donors (Lipinski definition) is 1. The molecule has 1 aliphatic rings. The number of rotatable bonds is 8. The molecule has 3 amide bonds. The molecule has 0 spiro atoms. The first-order chi connectivity index (χ1) is 12.5. The molecule has 1 heterocycles. The zero-order valence-corrected chi connectivity index (χ0v) is 16.7. The molecule has 0 saturated carbocycles. The Kier molecular flexibility index (Phi) is 7.49. The van der Waals surface area contributed by atoms with Crippen molar-refractivity contribution in [2.45, 2.75) is 65.8 Å². The van der Waals surface area contributed by atoms with Gasteiger partial charge in [-0.15, -0.1) is 0 Å². The van der Waals surface area contributed by atoms with E-state index in [-0.39, 0.29) is 18.0 Å². The summed E-state index contributed by atoms with van der Waals surface area (Å²) in [5, 5.41) is 3.08. The summed E-state index contributed by atoms with van der Waals surface area (Å²) in [6.45, 7) is 10.5. The minimum atomic E-state index is -0.123. The number of carbonyl (C=O) groups excluding carboxylic acids is 2. The second kappa shape index (κ2) is 9.60. The van der Waals surface area contributed by atoms with E-state index >= 15 is 0 Å². The average molecular weight is 360 g/mol. The van der Waals surface area contributed by atoms with E-state index in [1.54, 1.807) is 4.90 Å². The van der Waals surface area contributed by atoms with Gasteiger partial charge in [0.05, 0.1) is 6.04 Å². The minimum absolute atomic E-state index is 0.0355. The first-order valence-electron chi connectivity index (χ1n) is 9.89. The van der Waals surface area contributed by atoms with Gasteiger partial charge < -0.3 is 15.1 Å². The molecule has 1 fully saturated rings. The van der Waals surface area contributed by atoms with Crippen LogP contribution in [0.1, 0.15) is 57.1 Å². The molecule has 0 radical (unpaired) electrons. The monoisotopic (exact) mass is 359 g/mol. The number of aryl methyl sites for hydroxylation is 2. The van der Waals surface area contributed by atoms with Crippen LogP contribution in [0.3, 0.4) is 0 Å². The van der Waals surface area contributed by atoms with Crippen molar-refractivity contribution in [2.24, 2.45) is 0 Å². The SMILES string of the molecule is CCCCN(CCCC)C(=O)N[C@H]1CC(=O)N(c2ccc(C)c(C)c2)C1. The average Bonchev–Trinajstić information content (AvgIpc) is 2.97. The summed E-state index contributed by atoms with van der Waals surface area (Å²) in [4.78, 5) is 28.8. The lowest BCUT2D eigenvalue weighted by atomic mass is 10.1. The lowest BCUT2D eigenvalue weighted by Crippen LogP contribution is -2.46. The number of unbranched alkanes of at least 4 members (excludes halogenated alkanes) is 2. The van der Waals surface area contributed by atoms with Crippen LogP contribution in [0.25, 0.3) is 0 Å². The molecular weight excluding hydrogens is 326 g/mol. The second-order valence-electron chi connectivity index (χ2n) is 7.32. The van der Waals surface area contributed by atoms with Crippen LogP contribution in [0.2, 0.25) is 0 Å². The molecular formula is C21H33N3O2. The van der Waals surface area contributed by atoms with Crippen LogP contribution >= 0.6 is 0 Å². The van der Waals surface area contributed by atoms with E-state index in [0.717, 1.165) is 44.5 Å². The maximum absolute atomic E-state index is 12.6. The quantitative estimate of drug-likeness (QED) is 0.762. The number of anilines is 1. The lowest BCUT2D eigenvalue weighted by Gasteiger charge is -2.25. The molecule has 5 heteroatoms. The van der Waals surface area contributed by atoms with E-state index in [4.69, 9.17) is 0 Å². The van der Waals surface area contributed by atoms with Crippen molar-refractivity contribution in [1.82, 2.24) is 10.2 Å². The maximum atomic E-state index is 12.6. The Balaban J connectivity index is 1.98. The smallest absolute Gasteiger partial charge is 0.317 e. The van der Waals surface area contributed by atoms with E-state index in [2.05, 4.69) is 33.0 Å². The van der Waals surface area contributed by atoms with Gasteiger partial charge in [0.2, 0.25) is 5.91 Å². The molecule has 1 N–H and O–H groups in total. The molecule has 144 valence electrons. The molecule has 5 nitrogen and oxygen atoms in total. The van der Waals surface area contributed by atoms with E-state index in [9.17, 15) is 9.59 Å². The Bertz CT molecular complexity index is 622. The number of hydrogen-bond acceptors (Lipinski definition) is 2. The highest BCUT2D eigenvalue weighted by atomic mass is 16.2. The van der Waals surface area contributed by atoms with Gasteiger partial charge in [-0.1, -0.05) is 32.8 Å². The largest absolute Gasteiger partial charge is 0.333 e. The molecule has 0 aliphatic carbocycles. The van der Waals surface area contributed by atoms with Gasteiger partial charge in [0.15, 0.2) is 0 Å². The fourth-order valence-electron chi connectivity index (χ4n) is 3.23. The summed E-state index contributed by atoms with van der Waals surface area (Å²) in [5.74, 6) is 0.0761. The van der Waals surface area contributed by atoms with Gasteiger partial charge in [-0.2, -0.15) is 0 Å². The summed E-state index contributed by atoms with van der Waals surface area (Å²) < 4.78 is 0. The van der Waals surface area contributed by atoms with Crippen molar-refractivity contribution >= 4 is 17.6 Å². The highest BCUT2D eigenvalue weighted by Gasteiger charge is 2.32. The van der Waals surface area contributed by atoms with Crippen molar-refractivity contribution < 1.29 is 9.59 Å². The number of nitrogens with one attached hydrogen (secondary N) is 1. The molecule has 0 bridgehead atoms. The van der Waals surface area contributed by atoms with Crippen LogP contribution in [0, 0.1) is 13.8 Å². The van der Waals surface area contributed by atoms with Crippen LogP contribution in [0.4, 0.5) is 10.5 Å². The fourth-order valence-corrected chi connectivity index (χ4v) is 3.23. The van der Waals surface area contributed by atoms with Crippen molar-refractivity contribution in [3.05, 3.63) is 29.3 Å². The summed E-state index contributed by atoms with van der Waals surface area (Å²) in [5.41, 5.74) is 3.31. The molecule has 0 unspecified atom stereocenters. The Morgan fingerprint density at radius 3 is 2.38 bits per heavy atom. The van der Waals surface area contributed by atoms with E-state index in [1.807, 2.05) is 23.1 Å². The van der Waals surface area contributed by atoms with Crippen LogP contribution in [0.5, 0.6) is 0 Å². The van der Waals surface area contributed by atoms with E-state index in [1.165, 1.54) is 11.1 Å². The van der Waals surface area contributed by atoms with Crippen molar-refractivity contribution in [3.8, 4) is 0 Å². The Hall–Kier alpha value is -2.04. The second-order valence-corrected chi connectivity index (χ2v) is 7.32.